The number of carbonyl (C=O) groups is 2. The number of benzene rings is 1. The lowest BCUT2D eigenvalue weighted by Gasteiger charge is -2.30. The molecule has 1 aliphatic rings. The van der Waals surface area contributed by atoms with E-state index < -0.39 is 5.97 Å². The summed E-state index contributed by atoms with van der Waals surface area (Å²) in [6.07, 6.45) is 1.04. The molecule has 1 fully saturated rings. The number of hydrogen-bond acceptors (Lipinski definition) is 3. The van der Waals surface area contributed by atoms with Crippen molar-refractivity contribution in [2.75, 3.05) is 19.7 Å². The summed E-state index contributed by atoms with van der Waals surface area (Å²) in [6, 6.07) is 7.73. The molecule has 21 heavy (non-hydrogen) atoms. The Balaban J connectivity index is 1.70. The van der Waals surface area contributed by atoms with Crippen LogP contribution in [-0.4, -0.2) is 41.6 Å². The molecule has 0 unspecified atom stereocenters. The van der Waals surface area contributed by atoms with E-state index in [0.29, 0.717) is 32.5 Å². The van der Waals surface area contributed by atoms with Gasteiger partial charge < -0.3 is 14.7 Å². The van der Waals surface area contributed by atoms with Crippen LogP contribution in [0.3, 0.4) is 0 Å². The van der Waals surface area contributed by atoms with Crippen LogP contribution in [0.1, 0.15) is 18.4 Å². The molecule has 1 amide bonds. The van der Waals surface area contributed by atoms with E-state index in [2.05, 4.69) is 15.9 Å². The zero-order valence-electron chi connectivity index (χ0n) is 11.6. The van der Waals surface area contributed by atoms with E-state index in [1.165, 1.54) is 0 Å². The SMILES string of the molecule is O=C(O)C1CCN(C(=O)COCc2ccc(Br)cc2)CC1. The Morgan fingerprint density at radius 2 is 1.86 bits per heavy atom. The van der Waals surface area contributed by atoms with Gasteiger partial charge in [0.15, 0.2) is 0 Å². The number of carboxylic acid groups (broad SMARTS) is 1. The molecular weight excluding hydrogens is 338 g/mol. The fourth-order valence-corrected chi connectivity index (χ4v) is 2.57. The van der Waals surface area contributed by atoms with E-state index in [1.54, 1.807) is 4.90 Å². The van der Waals surface area contributed by atoms with Crippen LogP contribution < -0.4 is 0 Å². The van der Waals surface area contributed by atoms with Gasteiger partial charge in [-0.2, -0.15) is 0 Å². The zero-order chi connectivity index (χ0) is 15.2. The van der Waals surface area contributed by atoms with Crippen LogP contribution in [0.15, 0.2) is 28.7 Å². The molecule has 0 bridgehead atoms. The number of hydrogen-bond donors (Lipinski definition) is 1. The summed E-state index contributed by atoms with van der Waals surface area (Å²) < 4.78 is 6.43. The Morgan fingerprint density at radius 1 is 1.24 bits per heavy atom. The van der Waals surface area contributed by atoms with E-state index in [-0.39, 0.29) is 18.4 Å². The number of aliphatic carboxylic acids is 1. The lowest BCUT2D eigenvalue weighted by Crippen LogP contribution is -2.41. The molecule has 1 saturated heterocycles. The van der Waals surface area contributed by atoms with Crippen molar-refractivity contribution < 1.29 is 19.4 Å². The molecule has 0 spiro atoms. The Hall–Kier alpha value is -1.40. The normalized spacial score (nSPS) is 16.0. The minimum atomic E-state index is -0.770. The van der Waals surface area contributed by atoms with Gasteiger partial charge >= 0.3 is 5.97 Å². The average Bonchev–Trinajstić information content (AvgIpc) is 2.49. The van der Waals surface area contributed by atoms with Gasteiger partial charge in [0.25, 0.3) is 0 Å². The molecule has 1 aliphatic heterocycles. The van der Waals surface area contributed by atoms with Gasteiger partial charge in [0, 0.05) is 17.6 Å². The number of halogens is 1. The first-order valence-electron chi connectivity index (χ1n) is 6.89. The predicted molar refractivity (Wildman–Crippen MR) is 80.7 cm³/mol. The van der Waals surface area contributed by atoms with Gasteiger partial charge in [-0.05, 0) is 30.5 Å². The molecule has 1 N–H and O–H groups in total. The second-order valence-corrected chi connectivity index (χ2v) is 6.03. The minimum Gasteiger partial charge on any atom is -0.481 e. The van der Waals surface area contributed by atoms with E-state index in [4.69, 9.17) is 9.84 Å². The molecule has 1 aromatic carbocycles. The molecule has 5 nitrogen and oxygen atoms in total. The number of likely N-dealkylation sites (tertiary alicyclic amines) is 1. The maximum atomic E-state index is 12.0. The average molecular weight is 356 g/mol. The summed E-state index contributed by atoms with van der Waals surface area (Å²) in [5.74, 6) is -1.16. The van der Waals surface area contributed by atoms with Gasteiger partial charge in [0.2, 0.25) is 5.91 Å². The van der Waals surface area contributed by atoms with Crippen molar-refractivity contribution in [2.24, 2.45) is 5.92 Å². The zero-order valence-corrected chi connectivity index (χ0v) is 13.2. The summed E-state index contributed by atoms with van der Waals surface area (Å²) in [5, 5.41) is 8.92. The number of piperidine rings is 1. The molecule has 0 aromatic heterocycles. The summed E-state index contributed by atoms with van der Waals surface area (Å²) in [5.41, 5.74) is 1.01. The summed E-state index contributed by atoms with van der Waals surface area (Å²) in [7, 11) is 0. The summed E-state index contributed by atoms with van der Waals surface area (Å²) >= 11 is 3.36. The van der Waals surface area contributed by atoms with E-state index in [0.717, 1.165) is 10.0 Å². The third-order valence-electron chi connectivity index (χ3n) is 3.60. The van der Waals surface area contributed by atoms with Crippen LogP contribution in [0, 0.1) is 5.92 Å². The number of carboxylic acids is 1. The van der Waals surface area contributed by atoms with E-state index in [1.807, 2.05) is 24.3 Å². The quantitative estimate of drug-likeness (QED) is 0.879. The maximum absolute atomic E-state index is 12.0. The van der Waals surface area contributed by atoms with Crippen LogP contribution in [0.2, 0.25) is 0 Å². The van der Waals surface area contributed by atoms with Crippen LogP contribution in [0.5, 0.6) is 0 Å². The highest BCUT2D eigenvalue weighted by Gasteiger charge is 2.26. The van der Waals surface area contributed by atoms with Gasteiger partial charge in [-0.1, -0.05) is 28.1 Å². The minimum absolute atomic E-state index is 0.0355. The molecule has 6 heteroatoms. The Bertz CT molecular complexity index is 495. The molecule has 114 valence electrons. The fraction of sp³-hybridized carbons (Fsp3) is 0.467. The van der Waals surface area contributed by atoms with Crippen molar-refractivity contribution >= 4 is 27.8 Å². The highest BCUT2D eigenvalue weighted by Crippen LogP contribution is 2.17. The highest BCUT2D eigenvalue weighted by atomic mass is 79.9. The highest BCUT2D eigenvalue weighted by molar-refractivity contribution is 9.10. The van der Waals surface area contributed by atoms with Crippen molar-refractivity contribution in [3.05, 3.63) is 34.3 Å². The largest absolute Gasteiger partial charge is 0.481 e. The number of carbonyl (C=O) groups excluding carboxylic acids is 1. The first-order chi connectivity index (χ1) is 10.1. The smallest absolute Gasteiger partial charge is 0.306 e. The lowest BCUT2D eigenvalue weighted by molar-refractivity contribution is -0.147. The Labute approximate surface area is 132 Å². The molecular formula is C15H18BrNO4. The van der Waals surface area contributed by atoms with Crippen molar-refractivity contribution in [1.29, 1.82) is 0 Å². The van der Waals surface area contributed by atoms with E-state index in [9.17, 15) is 9.59 Å². The second kappa shape index (κ2) is 7.56. The number of ether oxygens (including phenoxy) is 1. The van der Waals surface area contributed by atoms with Gasteiger partial charge in [-0.3, -0.25) is 9.59 Å². The predicted octanol–water partition coefficient (Wildman–Crippen LogP) is 2.29. The number of rotatable bonds is 5. The van der Waals surface area contributed by atoms with Crippen molar-refractivity contribution in [2.45, 2.75) is 19.4 Å². The second-order valence-electron chi connectivity index (χ2n) is 5.11. The number of nitrogens with zero attached hydrogens (tertiary/aromatic N) is 1. The van der Waals surface area contributed by atoms with Gasteiger partial charge in [-0.25, -0.2) is 0 Å². The van der Waals surface area contributed by atoms with Gasteiger partial charge in [-0.15, -0.1) is 0 Å². The third kappa shape index (κ3) is 4.82. The monoisotopic (exact) mass is 355 g/mol. The van der Waals surface area contributed by atoms with Crippen molar-refractivity contribution in [1.82, 2.24) is 4.90 Å². The molecule has 1 heterocycles. The van der Waals surface area contributed by atoms with E-state index >= 15 is 0 Å². The van der Waals surface area contributed by atoms with Crippen LogP contribution in [0.25, 0.3) is 0 Å². The van der Waals surface area contributed by atoms with Gasteiger partial charge in [0.05, 0.1) is 12.5 Å². The van der Waals surface area contributed by atoms with Gasteiger partial charge in [0.1, 0.15) is 6.61 Å². The molecule has 0 aliphatic carbocycles. The maximum Gasteiger partial charge on any atom is 0.306 e. The third-order valence-corrected chi connectivity index (χ3v) is 4.13. The van der Waals surface area contributed by atoms with Crippen LogP contribution in [0.4, 0.5) is 0 Å². The fourth-order valence-electron chi connectivity index (χ4n) is 2.30. The number of amides is 1. The molecule has 0 radical (unpaired) electrons. The lowest BCUT2D eigenvalue weighted by atomic mass is 9.97. The standard InChI is InChI=1S/C15H18BrNO4/c16-13-3-1-11(2-4-13)9-21-10-14(18)17-7-5-12(6-8-17)15(19)20/h1-4,12H,5-10H2,(H,19,20). The van der Waals surface area contributed by atoms with Crippen molar-refractivity contribution in [3.8, 4) is 0 Å². The summed E-state index contributed by atoms with van der Waals surface area (Å²) in [4.78, 5) is 24.5. The topological polar surface area (TPSA) is 66.8 Å². The molecule has 0 saturated carbocycles. The molecule has 2 rings (SSSR count). The molecule has 0 atom stereocenters. The van der Waals surface area contributed by atoms with Crippen LogP contribution >= 0.6 is 15.9 Å². The Morgan fingerprint density at radius 3 is 2.43 bits per heavy atom. The first-order valence-corrected chi connectivity index (χ1v) is 7.68. The first kappa shape index (κ1) is 16.0. The summed E-state index contributed by atoms with van der Waals surface area (Å²) in [6.45, 7) is 1.42. The molecule has 1 aromatic rings. The van der Waals surface area contributed by atoms with Crippen LogP contribution in [-0.2, 0) is 20.9 Å². The Kier molecular flexibility index (Phi) is 5.76. The van der Waals surface area contributed by atoms with Crippen molar-refractivity contribution in [3.63, 3.8) is 0 Å².